The van der Waals surface area contributed by atoms with Crippen LogP contribution in [0.15, 0.2) is 48.5 Å². The largest absolute Gasteiger partial charge is 0.433 e. The molecule has 0 radical (unpaired) electrons. The molecule has 0 spiro atoms. The molecule has 13 heteroatoms. The monoisotopic (exact) mass is 558 g/mol. The molecule has 7 nitrogen and oxygen atoms in total. The lowest BCUT2D eigenvalue weighted by molar-refractivity contribution is -0.141. The number of carbonyl (C=O) groups excluding carboxylic acids is 1. The number of anilines is 3. The second kappa shape index (κ2) is 11.3. The summed E-state index contributed by atoms with van der Waals surface area (Å²) in [4.78, 5) is 16.5. The summed E-state index contributed by atoms with van der Waals surface area (Å²) in [5.41, 5.74) is 0.432. The van der Waals surface area contributed by atoms with Gasteiger partial charge >= 0.3 is 6.18 Å². The Morgan fingerprint density at radius 3 is 2.46 bits per heavy atom. The summed E-state index contributed by atoms with van der Waals surface area (Å²) in [5, 5.41) is 5.86. The van der Waals surface area contributed by atoms with Crippen LogP contribution in [0.2, 0.25) is 5.02 Å². The highest BCUT2D eigenvalue weighted by atomic mass is 35.5. The number of nitrogens with zero attached hydrogens (tertiary/aromatic N) is 2. The van der Waals surface area contributed by atoms with Crippen molar-refractivity contribution in [1.29, 1.82) is 0 Å². The van der Waals surface area contributed by atoms with E-state index in [1.54, 1.807) is 25.1 Å². The number of hydrogen-bond donors (Lipinski definition) is 3. The molecule has 1 heterocycles. The Morgan fingerprint density at radius 1 is 1.14 bits per heavy atom. The Labute approximate surface area is 217 Å². The van der Waals surface area contributed by atoms with Crippen molar-refractivity contribution in [3.63, 3.8) is 0 Å². The quantitative estimate of drug-likeness (QED) is 0.257. The molecule has 37 heavy (non-hydrogen) atoms. The fourth-order valence-corrected chi connectivity index (χ4v) is 3.89. The first kappa shape index (κ1) is 28.2. The van der Waals surface area contributed by atoms with Crippen LogP contribution >= 0.6 is 11.6 Å². The first-order valence-electron chi connectivity index (χ1n) is 10.8. The summed E-state index contributed by atoms with van der Waals surface area (Å²) in [6.45, 7) is 3.09. The van der Waals surface area contributed by atoms with Crippen LogP contribution in [0.25, 0.3) is 0 Å². The Bertz CT molecular complexity index is 1390. The van der Waals surface area contributed by atoms with Crippen molar-refractivity contribution in [3.8, 4) is 0 Å². The fourth-order valence-electron chi connectivity index (χ4n) is 3.38. The van der Waals surface area contributed by atoms with E-state index in [2.05, 4.69) is 15.6 Å². The molecule has 0 aliphatic rings. The van der Waals surface area contributed by atoms with Gasteiger partial charge in [-0.15, -0.1) is 0 Å². The van der Waals surface area contributed by atoms with Gasteiger partial charge in [-0.2, -0.15) is 13.2 Å². The Morgan fingerprint density at radius 2 is 1.84 bits per heavy atom. The summed E-state index contributed by atoms with van der Waals surface area (Å²) in [6, 6.07) is 10.6. The van der Waals surface area contributed by atoms with Crippen LogP contribution in [-0.2, 0) is 28.4 Å². The number of pyridine rings is 1. The van der Waals surface area contributed by atoms with Gasteiger partial charge in [-0.1, -0.05) is 29.8 Å². The second-order valence-electron chi connectivity index (χ2n) is 8.20. The first-order valence-corrected chi connectivity index (χ1v) is 12.3. The maximum Gasteiger partial charge on any atom is 0.433 e. The van der Waals surface area contributed by atoms with E-state index < -0.39 is 40.4 Å². The van der Waals surface area contributed by atoms with E-state index in [1.807, 2.05) is 0 Å². The van der Waals surface area contributed by atoms with Gasteiger partial charge in [-0.25, -0.2) is 17.8 Å². The number of aryl methyl sites for hydroxylation is 1. The predicted octanol–water partition coefficient (Wildman–Crippen LogP) is 5.33. The molecule has 198 valence electrons. The van der Waals surface area contributed by atoms with Gasteiger partial charge in [-0.3, -0.25) is 9.10 Å². The molecular weight excluding hydrogens is 536 g/mol. The second-order valence-corrected chi connectivity index (χ2v) is 9.71. The van der Waals surface area contributed by atoms with Gasteiger partial charge in [0.2, 0.25) is 16.8 Å². The smallest absolute Gasteiger partial charge is 0.351 e. The normalized spacial score (nSPS) is 12.4. The highest BCUT2D eigenvalue weighted by Crippen LogP contribution is 2.32. The van der Waals surface area contributed by atoms with Crippen molar-refractivity contribution in [1.82, 2.24) is 10.3 Å². The van der Waals surface area contributed by atoms with Crippen molar-refractivity contribution in [3.05, 3.63) is 81.8 Å². The minimum atomic E-state index is -4.68. The molecule has 0 saturated carbocycles. The van der Waals surface area contributed by atoms with Gasteiger partial charge in [0.25, 0.3) is 0 Å². The number of alkyl halides is 3. The van der Waals surface area contributed by atoms with E-state index >= 15 is 0 Å². The summed E-state index contributed by atoms with van der Waals surface area (Å²) in [6.07, 6.45) is -4.68. The molecule has 1 aromatic heterocycles. The highest BCUT2D eigenvalue weighted by molar-refractivity contribution is 7.74. The van der Waals surface area contributed by atoms with E-state index in [0.717, 1.165) is 16.4 Å². The first-order chi connectivity index (χ1) is 17.3. The zero-order valence-corrected chi connectivity index (χ0v) is 21.5. The third-order valence-electron chi connectivity index (χ3n) is 5.63. The standard InChI is InChI=1S/C24H23ClF4N4O3S/c1-13-4-7-17(25)11-19(13)31-22-16(6-9-21(32-22)24(27,28)29)12-30-23(34)14(2)15-5-8-20(18(26)10-15)33(3)37(35)36/h4-11,14,37H,12H2,1-3H3,(H,30,34)(H,31,32). The predicted molar refractivity (Wildman–Crippen MR) is 134 cm³/mol. The van der Waals surface area contributed by atoms with Gasteiger partial charge in [0, 0.05) is 29.9 Å². The summed E-state index contributed by atoms with van der Waals surface area (Å²) in [7, 11) is -1.85. The molecule has 3 aromatic rings. The molecule has 3 rings (SSSR count). The lowest BCUT2D eigenvalue weighted by Gasteiger charge is -2.18. The molecule has 0 aliphatic carbocycles. The molecule has 2 aromatic carbocycles. The molecule has 1 atom stereocenters. The minimum Gasteiger partial charge on any atom is -0.351 e. The van der Waals surface area contributed by atoms with Crippen LogP contribution in [0, 0.1) is 12.7 Å². The molecule has 1 unspecified atom stereocenters. The molecule has 0 bridgehead atoms. The number of amides is 1. The lowest BCUT2D eigenvalue weighted by atomic mass is 9.99. The van der Waals surface area contributed by atoms with Crippen molar-refractivity contribution in [2.24, 2.45) is 0 Å². The summed E-state index contributed by atoms with van der Waals surface area (Å²) < 4.78 is 77.3. The van der Waals surface area contributed by atoms with Crippen LogP contribution in [0.5, 0.6) is 0 Å². The maximum atomic E-state index is 14.4. The number of nitrogens with one attached hydrogen (secondary N) is 2. The Hall–Kier alpha value is -3.38. The van der Waals surface area contributed by atoms with E-state index in [-0.39, 0.29) is 29.2 Å². The minimum absolute atomic E-state index is 0.113. The number of rotatable bonds is 8. The average Bonchev–Trinajstić information content (AvgIpc) is 2.83. The van der Waals surface area contributed by atoms with Crippen molar-refractivity contribution < 1.29 is 30.8 Å². The highest BCUT2D eigenvalue weighted by Gasteiger charge is 2.33. The SMILES string of the molecule is Cc1ccc(Cl)cc1Nc1nc(C(F)(F)F)ccc1CNC(=O)C(C)c1ccc(N(C)[SH](=O)=O)c(F)c1. The van der Waals surface area contributed by atoms with Crippen LogP contribution < -0.4 is 14.9 Å². The molecular formula is C24H23ClF4N4O3S. The van der Waals surface area contributed by atoms with Gasteiger partial charge in [0.15, 0.2) is 0 Å². The van der Waals surface area contributed by atoms with E-state index in [1.165, 1.54) is 32.2 Å². The van der Waals surface area contributed by atoms with E-state index in [4.69, 9.17) is 11.6 Å². The molecule has 0 saturated heterocycles. The number of benzene rings is 2. The average molecular weight is 559 g/mol. The third kappa shape index (κ3) is 6.89. The zero-order chi connectivity index (χ0) is 27.5. The molecule has 1 amide bonds. The maximum absolute atomic E-state index is 14.4. The van der Waals surface area contributed by atoms with Crippen LogP contribution in [0.3, 0.4) is 0 Å². The number of aromatic nitrogens is 1. The Balaban J connectivity index is 1.82. The summed E-state index contributed by atoms with van der Waals surface area (Å²) >= 11 is 6.02. The summed E-state index contributed by atoms with van der Waals surface area (Å²) in [5.74, 6) is -2.31. The number of carbonyl (C=O) groups is 1. The van der Waals surface area contributed by atoms with Crippen LogP contribution in [0.1, 0.15) is 35.2 Å². The Kier molecular flexibility index (Phi) is 8.64. The fraction of sp³-hybridized carbons (Fsp3) is 0.250. The topological polar surface area (TPSA) is 91.4 Å². The molecule has 2 N–H and O–H groups in total. The number of hydrogen-bond acceptors (Lipinski definition) is 5. The van der Waals surface area contributed by atoms with Crippen molar-refractivity contribution in [2.75, 3.05) is 16.7 Å². The number of halogens is 5. The van der Waals surface area contributed by atoms with Gasteiger partial charge in [0.1, 0.15) is 17.3 Å². The number of thiol groups is 1. The molecule has 0 fully saturated rings. The molecule has 0 aliphatic heterocycles. The van der Waals surface area contributed by atoms with E-state index in [0.29, 0.717) is 16.3 Å². The van der Waals surface area contributed by atoms with Crippen LogP contribution in [-0.4, -0.2) is 26.4 Å². The lowest BCUT2D eigenvalue weighted by Crippen LogP contribution is -2.28. The van der Waals surface area contributed by atoms with Crippen molar-refractivity contribution >= 4 is 45.6 Å². The third-order valence-corrected chi connectivity index (χ3v) is 6.57. The van der Waals surface area contributed by atoms with Gasteiger partial charge in [-0.05, 0) is 55.3 Å². The van der Waals surface area contributed by atoms with E-state index in [9.17, 15) is 30.8 Å². The van der Waals surface area contributed by atoms with Crippen molar-refractivity contribution in [2.45, 2.75) is 32.5 Å². The van der Waals surface area contributed by atoms with Gasteiger partial charge < -0.3 is 10.6 Å². The van der Waals surface area contributed by atoms with Gasteiger partial charge in [0.05, 0.1) is 11.6 Å². The van der Waals surface area contributed by atoms with Crippen LogP contribution in [0.4, 0.5) is 34.8 Å². The zero-order valence-electron chi connectivity index (χ0n) is 19.9.